The van der Waals surface area contributed by atoms with Crippen LogP contribution in [0.4, 0.5) is 11.4 Å². The van der Waals surface area contributed by atoms with Gasteiger partial charge in [-0.25, -0.2) is 4.90 Å². The van der Waals surface area contributed by atoms with Gasteiger partial charge in [0.1, 0.15) is 10.7 Å². The largest absolute Gasteiger partial charge is 0.350 e. The van der Waals surface area contributed by atoms with Crippen LogP contribution in [-0.2, 0) is 9.59 Å². The van der Waals surface area contributed by atoms with Crippen LogP contribution in [0, 0.1) is 0 Å². The predicted octanol–water partition coefficient (Wildman–Crippen LogP) is 4.18. The molecule has 2 aliphatic rings. The molecule has 0 radical (unpaired) electrons. The first kappa shape index (κ1) is 20.2. The molecule has 1 aliphatic heterocycles. The highest BCUT2D eigenvalue weighted by Gasteiger charge is 2.38. The quantitative estimate of drug-likeness (QED) is 0.707. The van der Waals surface area contributed by atoms with Gasteiger partial charge in [-0.15, -0.1) is 0 Å². The number of para-hydroxylation sites is 1. The van der Waals surface area contributed by atoms with Crippen LogP contribution in [0.3, 0.4) is 0 Å². The third-order valence-electron chi connectivity index (χ3n) is 5.38. The number of hydrogen-bond donors (Lipinski definition) is 2. The fraction of sp³-hybridized carbons (Fsp3) is 0.261. The van der Waals surface area contributed by atoms with Gasteiger partial charge < -0.3 is 10.6 Å². The van der Waals surface area contributed by atoms with Crippen molar-refractivity contribution in [3.05, 3.63) is 70.9 Å². The van der Waals surface area contributed by atoms with Gasteiger partial charge in [-0.3, -0.25) is 14.4 Å². The molecular formula is C23H22ClN3O3. The van der Waals surface area contributed by atoms with E-state index in [1.54, 1.807) is 54.6 Å². The maximum atomic E-state index is 12.8. The first-order chi connectivity index (χ1) is 14.5. The highest BCUT2D eigenvalue weighted by atomic mass is 35.5. The van der Waals surface area contributed by atoms with E-state index in [1.807, 2.05) is 0 Å². The summed E-state index contributed by atoms with van der Waals surface area (Å²) in [6.45, 7) is 0. The summed E-state index contributed by atoms with van der Waals surface area (Å²) in [4.78, 5) is 39.0. The monoisotopic (exact) mass is 423 g/mol. The number of carbonyl (C=O) groups excluding carboxylic acids is 3. The lowest BCUT2D eigenvalue weighted by molar-refractivity contribution is -0.120. The Hall–Kier alpha value is -3.12. The molecule has 6 nitrogen and oxygen atoms in total. The van der Waals surface area contributed by atoms with Gasteiger partial charge in [-0.2, -0.15) is 0 Å². The number of rotatable bonds is 5. The van der Waals surface area contributed by atoms with Crippen LogP contribution < -0.4 is 15.5 Å². The van der Waals surface area contributed by atoms with Crippen molar-refractivity contribution in [1.82, 2.24) is 5.32 Å². The van der Waals surface area contributed by atoms with E-state index in [0.29, 0.717) is 16.9 Å². The van der Waals surface area contributed by atoms with Crippen molar-refractivity contribution in [3.8, 4) is 0 Å². The second kappa shape index (κ2) is 8.71. The van der Waals surface area contributed by atoms with Crippen LogP contribution in [0.5, 0.6) is 0 Å². The first-order valence-corrected chi connectivity index (χ1v) is 10.4. The highest BCUT2D eigenvalue weighted by molar-refractivity contribution is 6.53. The number of nitrogens with one attached hydrogen (secondary N) is 2. The Balaban J connectivity index is 1.50. The zero-order valence-electron chi connectivity index (χ0n) is 16.4. The average molecular weight is 424 g/mol. The summed E-state index contributed by atoms with van der Waals surface area (Å²) in [5.74, 6) is -1.26. The van der Waals surface area contributed by atoms with Crippen molar-refractivity contribution in [2.75, 3.05) is 10.2 Å². The Labute approximate surface area is 179 Å². The lowest BCUT2D eigenvalue weighted by atomic mass is 9.95. The molecule has 1 fully saturated rings. The van der Waals surface area contributed by atoms with E-state index in [-0.39, 0.29) is 22.7 Å². The molecule has 4 rings (SSSR count). The minimum absolute atomic E-state index is 0.00430. The lowest BCUT2D eigenvalue weighted by Gasteiger charge is -2.22. The second-order valence-electron chi connectivity index (χ2n) is 7.48. The molecule has 0 unspecified atom stereocenters. The van der Waals surface area contributed by atoms with Gasteiger partial charge in [-0.05, 0) is 43.2 Å². The smallest absolute Gasteiger partial charge is 0.283 e. The first-order valence-electron chi connectivity index (χ1n) is 10.1. The normalized spacial score (nSPS) is 17.4. The predicted molar refractivity (Wildman–Crippen MR) is 116 cm³/mol. The maximum absolute atomic E-state index is 12.8. The van der Waals surface area contributed by atoms with Crippen molar-refractivity contribution >= 4 is 40.7 Å². The van der Waals surface area contributed by atoms with Crippen LogP contribution in [-0.4, -0.2) is 23.8 Å². The zero-order valence-corrected chi connectivity index (χ0v) is 17.1. The molecule has 2 aromatic carbocycles. The number of carbonyl (C=O) groups is 3. The summed E-state index contributed by atoms with van der Waals surface area (Å²) in [5, 5.41) is 5.82. The van der Waals surface area contributed by atoms with Crippen LogP contribution >= 0.6 is 11.6 Å². The van der Waals surface area contributed by atoms with Gasteiger partial charge >= 0.3 is 0 Å². The van der Waals surface area contributed by atoms with Crippen molar-refractivity contribution in [3.63, 3.8) is 0 Å². The third-order valence-corrected chi connectivity index (χ3v) is 5.73. The molecule has 2 aromatic rings. The molecule has 2 N–H and O–H groups in total. The van der Waals surface area contributed by atoms with E-state index in [4.69, 9.17) is 11.6 Å². The second-order valence-corrected chi connectivity index (χ2v) is 7.86. The number of benzene rings is 2. The van der Waals surface area contributed by atoms with Crippen LogP contribution in [0.15, 0.2) is 65.3 Å². The van der Waals surface area contributed by atoms with Crippen LogP contribution in [0.2, 0.25) is 0 Å². The van der Waals surface area contributed by atoms with E-state index in [0.717, 1.165) is 30.6 Å². The van der Waals surface area contributed by atoms with Crippen LogP contribution in [0.25, 0.3) is 0 Å². The van der Waals surface area contributed by atoms with Gasteiger partial charge in [0.05, 0.1) is 5.69 Å². The minimum Gasteiger partial charge on any atom is -0.350 e. The molecule has 30 heavy (non-hydrogen) atoms. The lowest BCUT2D eigenvalue weighted by Crippen LogP contribution is -2.36. The molecule has 0 aromatic heterocycles. The molecule has 0 bridgehead atoms. The van der Waals surface area contributed by atoms with E-state index in [1.165, 1.54) is 6.42 Å². The van der Waals surface area contributed by atoms with Gasteiger partial charge in [0.15, 0.2) is 0 Å². The molecular weight excluding hydrogens is 402 g/mol. The average Bonchev–Trinajstić information content (AvgIpc) is 2.98. The Morgan fingerprint density at radius 1 is 0.933 bits per heavy atom. The number of amides is 3. The van der Waals surface area contributed by atoms with Crippen molar-refractivity contribution < 1.29 is 14.4 Å². The Kier molecular flexibility index (Phi) is 5.86. The number of imide groups is 1. The Morgan fingerprint density at radius 2 is 1.67 bits per heavy atom. The number of hydrogen-bond acceptors (Lipinski definition) is 4. The molecule has 7 heteroatoms. The van der Waals surface area contributed by atoms with Gasteiger partial charge in [-0.1, -0.05) is 55.1 Å². The van der Waals surface area contributed by atoms with Crippen molar-refractivity contribution in [2.45, 2.75) is 38.1 Å². The molecule has 0 spiro atoms. The summed E-state index contributed by atoms with van der Waals surface area (Å²) < 4.78 is 0. The molecule has 3 amide bonds. The van der Waals surface area contributed by atoms with Gasteiger partial charge in [0.2, 0.25) is 0 Å². The molecule has 0 atom stereocenters. The third kappa shape index (κ3) is 4.09. The van der Waals surface area contributed by atoms with Gasteiger partial charge in [0, 0.05) is 17.3 Å². The highest BCUT2D eigenvalue weighted by Crippen LogP contribution is 2.30. The Morgan fingerprint density at radius 3 is 2.40 bits per heavy atom. The molecule has 1 aliphatic carbocycles. The summed E-state index contributed by atoms with van der Waals surface area (Å²) in [6, 6.07) is 15.6. The van der Waals surface area contributed by atoms with Crippen LogP contribution in [0.1, 0.15) is 42.5 Å². The molecule has 154 valence electrons. The molecule has 1 heterocycles. The zero-order chi connectivity index (χ0) is 21.1. The summed E-state index contributed by atoms with van der Waals surface area (Å²) in [7, 11) is 0. The topological polar surface area (TPSA) is 78.5 Å². The summed E-state index contributed by atoms with van der Waals surface area (Å²) >= 11 is 6.18. The summed E-state index contributed by atoms with van der Waals surface area (Å²) in [6.07, 6.45) is 5.48. The SMILES string of the molecule is O=C(NC1CCCCC1)c1cccc(NC2=C(Cl)C(=O)N(c3ccccc3)C2=O)c1. The minimum atomic E-state index is -0.582. The van der Waals surface area contributed by atoms with E-state index in [9.17, 15) is 14.4 Å². The van der Waals surface area contributed by atoms with Gasteiger partial charge in [0.25, 0.3) is 17.7 Å². The fourth-order valence-corrected chi connectivity index (χ4v) is 4.03. The van der Waals surface area contributed by atoms with E-state index < -0.39 is 11.8 Å². The van der Waals surface area contributed by atoms with E-state index in [2.05, 4.69) is 10.6 Å². The van der Waals surface area contributed by atoms with E-state index >= 15 is 0 Å². The Bertz CT molecular complexity index is 1010. The summed E-state index contributed by atoms with van der Waals surface area (Å²) in [5.41, 5.74) is 1.44. The molecule has 0 saturated heterocycles. The fourth-order valence-electron chi connectivity index (χ4n) is 3.82. The maximum Gasteiger partial charge on any atom is 0.283 e. The number of halogens is 1. The van der Waals surface area contributed by atoms with Crippen molar-refractivity contribution in [1.29, 1.82) is 0 Å². The molecule has 1 saturated carbocycles. The number of nitrogens with zero attached hydrogens (tertiary/aromatic N) is 1. The van der Waals surface area contributed by atoms with Crippen molar-refractivity contribution in [2.24, 2.45) is 0 Å². The standard InChI is InChI=1S/C23H22ClN3O3/c24-19-20(23(30)27(22(19)29)18-12-5-2-6-13-18)25-17-11-7-8-15(14-17)21(28)26-16-9-3-1-4-10-16/h2,5-8,11-14,16,25H,1,3-4,9-10H2,(H,26,28). The number of anilines is 2.